The molecule has 0 aliphatic rings. The summed E-state index contributed by atoms with van der Waals surface area (Å²) in [5, 5.41) is 0. The molecule has 0 aliphatic heterocycles. The van der Waals surface area contributed by atoms with Gasteiger partial charge in [0.2, 0.25) is 0 Å². The molecule has 184 valence electrons. The van der Waals surface area contributed by atoms with Gasteiger partial charge in [-0.2, -0.15) is 0 Å². The van der Waals surface area contributed by atoms with Gasteiger partial charge in [0.15, 0.2) is 11.5 Å². The average molecular weight is 474 g/mol. The van der Waals surface area contributed by atoms with Crippen molar-refractivity contribution < 1.29 is 18.9 Å². The predicted molar refractivity (Wildman–Crippen MR) is 141 cm³/mol. The lowest BCUT2D eigenvalue weighted by Gasteiger charge is -2.17. The normalized spacial score (nSPS) is 10.5. The van der Waals surface area contributed by atoms with E-state index in [1.54, 1.807) is 28.4 Å². The SMILES string of the molecule is COc1ccc(C#Cc2ccc(OC)cc2CCCN(C)CCc2ccc(OC)c(OC)c2)cc1. The van der Waals surface area contributed by atoms with E-state index in [0.29, 0.717) is 0 Å². The van der Waals surface area contributed by atoms with Gasteiger partial charge in [-0.3, -0.25) is 0 Å². The van der Waals surface area contributed by atoms with Gasteiger partial charge < -0.3 is 23.8 Å². The number of ether oxygens (including phenoxy) is 4. The molecular weight excluding hydrogens is 438 g/mol. The van der Waals surface area contributed by atoms with Crippen molar-refractivity contribution >= 4 is 0 Å². The topological polar surface area (TPSA) is 40.2 Å². The zero-order valence-corrected chi connectivity index (χ0v) is 21.4. The van der Waals surface area contributed by atoms with Crippen LogP contribution in [0.15, 0.2) is 60.7 Å². The second-order valence-corrected chi connectivity index (χ2v) is 8.35. The molecule has 3 rings (SSSR count). The maximum atomic E-state index is 5.46. The molecule has 0 amide bonds. The van der Waals surface area contributed by atoms with Crippen LogP contribution in [-0.4, -0.2) is 53.5 Å². The predicted octanol–water partition coefficient (Wildman–Crippen LogP) is 5.23. The molecule has 0 heterocycles. The Hall–Kier alpha value is -3.62. The third-order valence-corrected chi connectivity index (χ3v) is 5.96. The molecule has 5 heteroatoms. The van der Waals surface area contributed by atoms with Gasteiger partial charge in [-0.1, -0.05) is 17.9 Å². The molecule has 0 atom stereocenters. The highest BCUT2D eigenvalue weighted by Gasteiger charge is 2.07. The molecule has 0 N–H and O–H groups in total. The molecule has 35 heavy (non-hydrogen) atoms. The summed E-state index contributed by atoms with van der Waals surface area (Å²) in [7, 11) is 8.85. The zero-order valence-electron chi connectivity index (χ0n) is 21.4. The summed E-state index contributed by atoms with van der Waals surface area (Å²) < 4.78 is 21.4. The van der Waals surface area contributed by atoms with Crippen LogP contribution < -0.4 is 18.9 Å². The summed E-state index contributed by atoms with van der Waals surface area (Å²) in [4.78, 5) is 2.36. The Morgan fingerprint density at radius 3 is 2.06 bits per heavy atom. The van der Waals surface area contributed by atoms with E-state index in [2.05, 4.69) is 42.0 Å². The smallest absolute Gasteiger partial charge is 0.160 e. The van der Waals surface area contributed by atoms with Crippen molar-refractivity contribution in [3.05, 3.63) is 82.9 Å². The number of rotatable bonds is 11. The Morgan fingerprint density at radius 1 is 0.657 bits per heavy atom. The number of likely N-dealkylation sites (N-methyl/N-ethyl adjacent to an activating group) is 1. The van der Waals surface area contributed by atoms with Crippen molar-refractivity contribution in [2.75, 3.05) is 48.6 Å². The minimum absolute atomic E-state index is 0.758. The summed E-state index contributed by atoms with van der Waals surface area (Å²) in [6.07, 6.45) is 2.92. The first-order valence-corrected chi connectivity index (χ1v) is 11.8. The molecule has 0 bridgehead atoms. The van der Waals surface area contributed by atoms with Crippen LogP contribution in [0.4, 0.5) is 0 Å². The van der Waals surface area contributed by atoms with Crippen molar-refractivity contribution in [3.63, 3.8) is 0 Å². The van der Waals surface area contributed by atoms with Gasteiger partial charge in [0, 0.05) is 17.7 Å². The van der Waals surface area contributed by atoms with Gasteiger partial charge in [0.25, 0.3) is 0 Å². The summed E-state index contributed by atoms with van der Waals surface area (Å²) in [5.41, 5.74) is 4.44. The van der Waals surface area contributed by atoms with Crippen LogP contribution in [0.3, 0.4) is 0 Å². The summed E-state index contributed by atoms with van der Waals surface area (Å²) in [6.45, 7) is 1.97. The van der Waals surface area contributed by atoms with E-state index in [4.69, 9.17) is 18.9 Å². The lowest BCUT2D eigenvalue weighted by molar-refractivity contribution is 0.332. The van der Waals surface area contributed by atoms with E-state index in [9.17, 15) is 0 Å². The highest BCUT2D eigenvalue weighted by atomic mass is 16.5. The molecule has 0 aromatic heterocycles. The molecule has 5 nitrogen and oxygen atoms in total. The average Bonchev–Trinajstić information content (AvgIpc) is 2.91. The van der Waals surface area contributed by atoms with E-state index in [1.165, 1.54) is 11.1 Å². The Kier molecular flexibility index (Phi) is 9.89. The highest BCUT2D eigenvalue weighted by molar-refractivity contribution is 5.49. The van der Waals surface area contributed by atoms with Crippen LogP contribution in [0.2, 0.25) is 0 Å². The second-order valence-electron chi connectivity index (χ2n) is 8.35. The van der Waals surface area contributed by atoms with Crippen molar-refractivity contribution in [2.45, 2.75) is 19.3 Å². The lowest BCUT2D eigenvalue weighted by atomic mass is 10.0. The van der Waals surface area contributed by atoms with E-state index in [-0.39, 0.29) is 0 Å². The number of benzene rings is 3. The Labute approximate surface area is 209 Å². The van der Waals surface area contributed by atoms with Crippen LogP contribution >= 0.6 is 0 Å². The number of aryl methyl sites for hydroxylation is 1. The summed E-state index contributed by atoms with van der Waals surface area (Å²) >= 11 is 0. The molecule has 0 aliphatic carbocycles. The van der Waals surface area contributed by atoms with Crippen molar-refractivity contribution in [1.29, 1.82) is 0 Å². The van der Waals surface area contributed by atoms with Gasteiger partial charge in [0.1, 0.15) is 11.5 Å². The first-order valence-electron chi connectivity index (χ1n) is 11.8. The Bertz CT molecular complexity index is 1150. The Balaban J connectivity index is 1.58. The maximum absolute atomic E-state index is 5.46. The summed E-state index contributed by atoms with van der Waals surface area (Å²) in [6, 6.07) is 20.0. The molecule has 0 saturated heterocycles. The number of nitrogens with zero attached hydrogens (tertiary/aromatic N) is 1. The minimum atomic E-state index is 0.758. The van der Waals surface area contributed by atoms with Crippen LogP contribution in [0, 0.1) is 11.8 Å². The van der Waals surface area contributed by atoms with E-state index in [1.807, 2.05) is 42.5 Å². The molecule has 0 spiro atoms. The fraction of sp³-hybridized carbons (Fsp3) is 0.333. The number of hydrogen-bond acceptors (Lipinski definition) is 5. The van der Waals surface area contributed by atoms with Crippen LogP contribution in [0.25, 0.3) is 0 Å². The number of methoxy groups -OCH3 is 4. The highest BCUT2D eigenvalue weighted by Crippen LogP contribution is 2.27. The quantitative estimate of drug-likeness (QED) is 0.357. The van der Waals surface area contributed by atoms with Crippen LogP contribution in [0.5, 0.6) is 23.0 Å². The molecule has 3 aromatic carbocycles. The van der Waals surface area contributed by atoms with E-state index >= 15 is 0 Å². The molecule has 0 radical (unpaired) electrons. The first kappa shape index (κ1) is 26.0. The lowest BCUT2D eigenvalue weighted by Crippen LogP contribution is -2.23. The Morgan fingerprint density at radius 2 is 1.37 bits per heavy atom. The minimum Gasteiger partial charge on any atom is -0.497 e. The third kappa shape index (κ3) is 7.70. The second kappa shape index (κ2) is 13.3. The monoisotopic (exact) mass is 473 g/mol. The van der Waals surface area contributed by atoms with E-state index in [0.717, 1.165) is 66.5 Å². The molecule has 3 aromatic rings. The molecule has 0 unspecified atom stereocenters. The fourth-order valence-electron chi connectivity index (χ4n) is 3.85. The van der Waals surface area contributed by atoms with Gasteiger partial charge >= 0.3 is 0 Å². The third-order valence-electron chi connectivity index (χ3n) is 5.96. The van der Waals surface area contributed by atoms with Crippen molar-refractivity contribution in [2.24, 2.45) is 0 Å². The number of hydrogen-bond donors (Lipinski definition) is 0. The molecular formula is C30H35NO4. The zero-order chi connectivity index (χ0) is 25.0. The van der Waals surface area contributed by atoms with E-state index < -0.39 is 0 Å². The maximum Gasteiger partial charge on any atom is 0.160 e. The standard InChI is InChI=1S/C30H35NO4/c1-31(20-18-24-11-17-29(34-4)30(21-24)35-5)19-6-7-26-22-28(33-3)16-13-25(26)12-8-23-9-14-27(32-2)15-10-23/h9-11,13-17,21-22H,6-7,18-20H2,1-5H3. The van der Waals surface area contributed by atoms with Crippen LogP contribution in [-0.2, 0) is 12.8 Å². The van der Waals surface area contributed by atoms with Gasteiger partial charge in [-0.05, 0) is 98.6 Å². The largest absolute Gasteiger partial charge is 0.497 e. The molecule has 0 fully saturated rings. The van der Waals surface area contributed by atoms with Gasteiger partial charge in [-0.25, -0.2) is 0 Å². The van der Waals surface area contributed by atoms with Crippen molar-refractivity contribution in [1.82, 2.24) is 4.90 Å². The van der Waals surface area contributed by atoms with Crippen LogP contribution in [0.1, 0.15) is 28.7 Å². The van der Waals surface area contributed by atoms with Gasteiger partial charge in [-0.15, -0.1) is 0 Å². The first-order chi connectivity index (χ1) is 17.1. The van der Waals surface area contributed by atoms with Gasteiger partial charge in [0.05, 0.1) is 28.4 Å². The summed E-state index contributed by atoms with van der Waals surface area (Å²) in [5.74, 6) is 9.83. The fourth-order valence-corrected chi connectivity index (χ4v) is 3.85. The van der Waals surface area contributed by atoms with Crippen molar-refractivity contribution in [3.8, 4) is 34.8 Å². The molecule has 0 saturated carbocycles.